The van der Waals surface area contributed by atoms with E-state index in [9.17, 15) is 9.59 Å². The van der Waals surface area contributed by atoms with E-state index in [1.54, 1.807) is 31.2 Å². The van der Waals surface area contributed by atoms with Gasteiger partial charge in [0.15, 0.2) is 17.3 Å². The van der Waals surface area contributed by atoms with Crippen LogP contribution in [0.15, 0.2) is 28.8 Å². The number of rotatable bonds is 4. The molecule has 0 atom stereocenters. The van der Waals surface area contributed by atoms with Crippen molar-refractivity contribution in [1.29, 1.82) is 0 Å². The van der Waals surface area contributed by atoms with E-state index in [-0.39, 0.29) is 11.8 Å². The highest BCUT2D eigenvalue weighted by Gasteiger charge is 2.56. The molecule has 1 aliphatic carbocycles. The van der Waals surface area contributed by atoms with E-state index < -0.39 is 5.41 Å². The Kier molecular flexibility index (Phi) is 3.60. The van der Waals surface area contributed by atoms with Gasteiger partial charge in [0.1, 0.15) is 24.4 Å². The second-order valence-corrected chi connectivity index (χ2v) is 6.17. The van der Waals surface area contributed by atoms with Gasteiger partial charge >= 0.3 is 0 Å². The summed E-state index contributed by atoms with van der Waals surface area (Å²) in [6, 6.07) is 6.76. The zero-order valence-corrected chi connectivity index (χ0v) is 13.6. The lowest BCUT2D eigenvalue weighted by atomic mass is 10.0. The summed E-state index contributed by atoms with van der Waals surface area (Å²) >= 11 is 0. The van der Waals surface area contributed by atoms with E-state index in [0.717, 1.165) is 0 Å². The minimum Gasteiger partial charge on any atom is -0.486 e. The molecule has 4 rings (SSSR count). The summed E-state index contributed by atoms with van der Waals surface area (Å²) in [6.07, 6.45) is 0.984. The van der Waals surface area contributed by atoms with Gasteiger partial charge in [0.2, 0.25) is 11.8 Å². The molecule has 8 heteroatoms. The molecule has 0 radical (unpaired) electrons. The third-order valence-electron chi connectivity index (χ3n) is 4.29. The van der Waals surface area contributed by atoms with Crippen molar-refractivity contribution < 1.29 is 23.6 Å². The molecule has 0 saturated heterocycles. The zero-order valence-electron chi connectivity index (χ0n) is 13.6. The quantitative estimate of drug-likeness (QED) is 0.824. The second-order valence-electron chi connectivity index (χ2n) is 6.17. The van der Waals surface area contributed by atoms with Crippen LogP contribution in [-0.4, -0.2) is 30.2 Å². The van der Waals surface area contributed by atoms with E-state index in [2.05, 4.69) is 15.8 Å². The lowest BCUT2D eigenvalue weighted by Gasteiger charge is -2.20. The number of hydrogen-bond donors (Lipinski definition) is 2. The lowest BCUT2D eigenvalue weighted by Crippen LogP contribution is -2.35. The van der Waals surface area contributed by atoms with Gasteiger partial charge in [-0.25, -0.2) is 0 Å². The molecule has 2 heterocycles. The number of aromatic nitrogens is 1. The average Bonchev–Trinajstić information content (AvgIpc) is 3.33. The Morgan fingerprint density at radius 2 is 1.76 bits per heavy atom. The first-order chi connectivity index (χ1) is 12.1. The number of anilines is 2. The molecular formula is C17H17N3O5. The first-order valence-corrected chi connectivity index (χ1v) is 8.03. The van der Waals surface area contributed by atoms with Crippen LogP contribution in [0.4, 0.5) is 11.5 Å². The maximum absolute atomic E-state index is 12.6. The number of nitrogens with zero attached hydrogens (tertiary/aromatic N) is 1. The number of carbonyl (C=O) groups is 2. The van der Waals surface area contributed by atoms with Crippen molar-refractivity contribution in [1.82, 2.24) is 5.16 Å². The van der Waals surface area contributed by atoms with Crippen molar-refractivity contribution in [3.05, 3.63) is 30.0 Å². The first kappa shape index (κ1) is 15.5. The van der Waals surface area contributed by atoms with Crippen LogP contribution < -0.4 is 20.1 Å². The van der Waals surface area contributed by atoms with Crippen molar-refractivity contribution in [3.8, 4) is 11.5 Å². The van der Waals surface area contributed by atoms with Crippen molar-refractivity contribution in [2.75, 3.05) is 23.8 Å². The molecule has 2 amide bonds. The van der Waals surface area contributed by atoms with E-state index >= 15 is 0 Å². The summed E-state index contributed by atoms with van der Waals surface area (Å²) in [7, 11) is 0. The van der Waals surface area contributed by atoms with E-state index in [0.29, 0.717) is 54.8 Å². The summed E-state index contributed by atoms with van der Waals surface area (Å²) in [5.41, 5.74) is -0.509. The van der Waals surface area contributed by atoms with Crippen LogP contribution in [0.25, 0.3) is 0 Å². The van der Waals surface area contributed by atoms with E-state index in [4.69, 9.17) is 14.0 Å². The normalized spacial score (nSPS) is 16.8. The molecule has 1 aliphatic heterocycles. The Labute approximate surface area is 143 Å². The van der Waals surface area contributed by atoms with Crippen LogP contribution >= 0.6 is 0 Å². The monoisotopic (exact) mass is 343 g/mol. The molecule has 0 unspecified atom stereocenters. The standard InChI is InChI=1S/C17H17N3O5/c1-10-8-14(20-25-10)19-16(22)17(4-5-17)15(21)18-11-2-3-12-13(9-11)24-7-6-23-12/h2-3,8-9H,4-7H2,1H3,(H,18,21)(H,19,20,22). The summed E-state index contributed by atoms with van der Waals surface area (Å²) < 4.78 is 15.9. The van der Waals surface area contributed by atoms with Crippen molar-refractivity contribution in [3.63, 3.8) is 0 Å². The molecule has 8 nitrogen and oxygen atoms in total. The number of benzene rings is 1. The minimum absolute atomic E-state index is 0.306. The third kappa shape index (κ3) is 2.90. The summed E-state index contributed by atoms with van der Waals surface area (Å²) in [4.78, 5) is 25.1. The number of carbonyl (C=O) groups excluding carboxylic acids is 2. The number of nitrogens with one attached hydrogen (secondary N) is 2. The molecule has 130 valence electrons. The molecule has 1 fully saturated rings. The highest BCUT2D eigenvalue weighted by atomic mass is 16.6. The van der Waals surface area contributed by atoms with Crippen LogP contribution in [0, 0.1) is 12.3 Å². The van der Waals surface area contributed by atoms with Gasteiger partial charge in [-0.3, -0.25) is 9.59 Å². The van der Waals surface area contributed by atoms with Gasteiger partial charge in [0.05, 0.1) is 0 Å². The molecule has 2 aliphatic rings. The zero-order chi connectivity index (χ0) is 17.4. The molecule has 1 saturated carbocycles. The molecule has 0 spiro atoms. The largest absolute Gasteiger partial charge is 0.486 e. The summed E-state index contributed by atoms with van der Waals surface area (Å²) in [5.74, 6) is 1.39. The van der Waals surface area contributed by atoms with Gasteiger partial charge < -0.3 is 24.6 Å². The molecule has 1 aromatic heterocycles. The SMILES string of the molecule is Cc1cc(NC(=O)C2(C(=O)Nc3ccc4c(c3)OCCO4)CC2)no1. The van der Waals surface area contributed by atoms with Crippen LogP contribution in [0.5, 0.6) is 11.5 Å². The molecule has 25 heavy (non-hydrogen) atoms. The van der Waals surface area contributed by atoms with Gasteiger partial charge in [0.25, 0.3) is 0 Å². The maximum Gasteiger partial charge on any atom is 0.241 e. The van der Waals surface area contributed by atoms with Gasteiger partial charge in [-0.15, -0.1) is 0 Å². The number of hydrogen-bond acceptors (Lipinski definition) is 6. The average molecular weight is 343 g/mol. The van der Waals surface area contributed by atoms with Crippen LogP contribution in [0.1, 0.15) is 18.6 Å². The van der Waals surface area contributed by atoms with Crippen molar-refractivity contribution in [2.24, 2.45) is 5.41 Å². The van der Waals surface area contributed by atoms with Crippen molar-refractivity contribution in [2.45, 2.75) is 19.8 Å². The van der Waals surface area contributed by atoms with Crippen LogP contribution in [-0.2, 0) is 9.59 Å². The number of aryl methyl sites for hydroxylation is 1. The molecule has 2 N–H and O–H groups in total. The van der Waals surface area contributed by atoms with Gasteiger partial charge in [-0.05, 0) is 31.9 Å². The highest BCUT2D eigenvalue weighted by Crippen LogP contribution is 2.47. The smallest absolute Gasteiger partial charge is 0.241 e. The Balaban J connectivity index is 1.46. The van der Waals surface area contributed by atoms with Crippen LogP contribution in [0.2, 0.25) is 0 Å². The Morgan fingerprint density at radius 3 is 2.44 bits per heavy atom. The first-order valence-electron chi connectivity index (χ1n) is 8.03. The summed E-state index contributed by atoms with van der Waals surface area (Å²) in [5, 5.41) is 9.14. The number of fused-ring (bicyclic) bond motifs is 1. The van der Waals surface area contributed by atoms with E-state index in [1.807, 2.05) is 0 Å². The number of amides is 2. The van der Waals surface area contributed by atoms with Crippen molar-refractivity contribution >= 4 is 23.3 Å². The Bertz CT molecular complexity index is 841. The summed E-state index contributed by atoms with van der Waals surface area (Å²) in [6.45, 7) is 2.70. The molecular weight excluding hydrogens is 326 g/mol. The molecule has 1 aromatic carbocycles. The lowest BCUT2D eigenvalue weighted by molar-refractivity contribution is -0.131. The van der Waals surface area contributed by atoms with Crippen LogP contribution in [0.3, 0.4) is 0 Å². The minimum atomic E-state index is -1.07. The predicted octanol–water partition coefficient (Wildman–Crippen LogP) is 2.11. The highest BCUT2D eigenvalue weighted by molar-refractivity contribution is 6.16. The van der Waals surface area contributed by atoms with Gasteiger partial charge in [-0.1, -0.05) is 5.16 Å². The maximum atomic E-state index is 12.6. The second kappa shape index (κ2) is 5.80. The topological polar surface area (TPSA) is 103 Å². The van der Waals surface area contributed by atoms with E-state index in [1.165, 1.54) is 0 Å². The Hall–Kier alpha value is -3.03. The fraction of sp³-hybridized carbons (Fsp3) is 0.353. The third-order valence-corrected chi connectivity index (χ3v) is 4.29. The molecule has 2 aromatic rings. The Morgan fingerprint density at radius 1 is 1.04 bits per heavy atom. The van der Waals surface area contributed by atoms with Gasteiger partial charge in [-0.2, -0.15) is 0 Å². The fourth-order valence-corrected chi connectivity index (χ4v) is 2.72. The fourth-order valence-electron chi connectivity index (χ4n) is 2.72. The predicted molar refractivity (Wildman–Crippen MR) is 87.6 cm³/mol. The van der Waals surface area contributed by atoms with Gasteiger partial charge in [0, 0.05) is 17.8 Å². The number of ether oxygens (including phenoxy) is 2. The molecule has 0 bridgehead atoms.